The maximum Gasteiger partial charge on any atom is 0.161 e. The minimum atomic E-state index is -0.0168. The van der Waals surface area contributed by atoms with E-state index in [2.05, 4.69) is 4.98 Å². The number of rotatable bonds is 3. The molecule has 1 aromatic carbocycles. The lowest BCUT2D eigenvalue weighted by Gasteiger charge is -2.06. The van der Waals surface area contributed by atoms with Crippen LogP contribution in [0.2, 0.25) is 0 Å². The van der Waals surface area contributed by atoms with Crippen LogP contribution in [0.15, 0.2) is 30.7 Å². The summed E-state index contributed by atoms with van der Waals surface area (Å²) >= 11 is 0. The zero-order chi connectivity index (χ0) is 12.7. The molecule has 92 valence electrons. The normalized spacial score (nSPS) is 14.7. The predicted octanol–water partition coefficient (Wildman–Crippen LogP) is 2.53. The first kappa shape index (κ1) is 11.0. The van der Waals surface area contributed by atoms with Gasteiger partial charge in [0, 0.05) is 29.1 Å². The van der Waals surface area contributed by atoms with E-state index in [1.807, 2.05) is 22.9 Å². The van der Waals surface area contributed by atoms with Crippen LogP contribution < -0.4 is 5.73 Å². The van der Waals surface area contributed by atoms with Crippen LogP contribution in [0, 0.1) is 0 Å². The van der Waals surface area contributed by atoms with Crippen LogP contribution in [0.4, 0.5) is 5.69 Å². The van der Waals surface area contributed by atoms with Crippen molar-refractivity contribution < 1.29 is 4.79 Å². The highest BCUT2D eigenvalue weighted by Gasteiger charge is 2.25. The summed E-state index contributed by atoms with van der Waals surface area (Å²) in [5, 5.41) is 0. The van der Waals surface area contributed by atoms with E-state index < -0.39 is 0 Å². The number of anilines is 1. The number of nitrogens with zero attached hydrogens (tertiary/aromatic N) is 2. The fourth-order valence-electron chi connectivity index (χ4n) is 2.08. The van der Waals surface area contributed by atoms with E-state index in [1.165, 1.54) is 19.8 Å². The predicted molar refractivity (Wildman–Crippen MR) is 70.0 cm³/mol. The molecule has 0 amide bonds. The summed E-state index contributed by atoms with van der Waals surface area (Å²) in [5.74, 6) is 0.615. The van der Waals surface area contributed by atoms with Gasteiger partial charge in [-0.3, -0.25) is 4.79 Å². The third-order valence-corrected chi connectivity index (χ3v) is 3.31. The Kier molecular flexibility index (Phi) is 2.44. The standard InChI is InChI=1S/C14H15N3O/c1-9(18)12-6-11(4-5-13(12)15)17-7-14(16-8-17)10-2-3-10/h4-8,10H,2-3,15H2,1H3. The van der Waals surface area contributed by atoms with Gasteiger partial charge in [0.15, 0.2) is 5.78 Å². The van der Waals surface area contributed by atoms with Gasteiger partial charge in [0.1, 0.15) is 0 Å². The van der Waals surface area contributed by atoms with E-state index in [-0.39, 0.29) is 5.78 Å². The quantitative estimate of drug-likeness (QED) is 0.663. The van der Waals surface area contributed by atoms with Crippen molar-refractivity contribution in [2.24, 2.45) is 0 Å². The van der Waals surface area contributed by atoms with Gasteiger partial charge in [-0.1, -0.05) is 0 Å². The van der Waals surface area contributed by atoms with E-state index in [0.717, 1.165) is 11.4 Å². The third kappa shape index (κ3) is 1.90. The first-order valence-electron chi connectivity index (χ1n) is 6.10. The van der Waals surface area contributed by atoms with Crippen molar-refractivity contribution in [1.29, 1.82) is 0 Å². The first-order chi connectivity index (χ1) is 8.65. The van der Waals surface area contributed by atoms with Crippen LogP contribution in [0.3, 0.4) is 0 Å². The van der Waals surface area contributed by atoms with Crippen molar-refractivity contribution in [3.63, 3.8) is 0 Å². The second-order valence-corrected chi connectivity index (χ2v) is 4.81. The zero-order valence-corrected chi connectivity index (χ0v) is 10.3. The molecule has 0 aliphatic heterocycles. The lowest BCUT2D eigenvalue weighted by atomic mass is 10.1. The minimum Gasteiger partial charge on any atom is -0.398 e. The second-order valence-electron chi connectivity index (χ2n) is 4.81. The Morgan fingerprint density at radius 3 is 2.89 bits per heavy atom. The van der Waals surface area contributed by atoms with E-state index >= 15 is 0 Å². The van der Waals surface area contributed by atoms with Gasteiger partial charge >= 0.3 is 0 Å². The maximum absolute atomic E-state index is 11.5. The average molecular weight is 241 g/mol. The van der Waals surface area contributed by atoms with Gasteiger partial charge in [-0.25, -0.2) is 4.98 Å². The molecule has 1 aliphatic rings. The lowest BCUT2D eigenvalue weighted by molar-refractivity contribution is 0.101. The Morgan fingerprint density at radius 1 is 1.44 bits per heavy atom. The monoisotopic (exact) mass is 241 g/mol. The summed E-state index contributed by atoms with van der Waals surface area (Å²) in [6, 6.07) is 5.49. The highest BCUT2D eigenvalue weighted by atomic mass is 16.1. The van der Waals surface area contributed by atoms with Gasteiger partial charge in [0.25, 0.3) is 0 Å². The highest BCUT2D eigenvalue weighted by Crippen LogP contribution is 2.39. The van der Waals surface area contributed by atoms with E-state index in [0.29, 0.717) is 17.2 Å². The molecule has 2 N–H and O–H groups in total. The maximum atomic E-state index is 11.5. The van der Waals surface area contributed by atoms with Crippen LogP contribution in [0.1, 0.15) is 41.7 Å². The smallest absolute Gasteiger partial charge is 0.161 e. The summed E-state index contributed by atoms with van der Waals surface area (Å²) < 4.78 is 1.94. The molecule has 1 heterocycles. The molecule has 18 heavy (non-hydrogen) atoms. The molecule has 0 atom stereocenters. The summed E-state index contributed by atoms with van der Waals surface area (Å²) in [7, 11) is 0. The van der Waals surface area contributed by atoms with Crippen molar-refractivity contribution in [3.05, 3.63) is 42.0 Å². The summed E-state index contributed by atoms with van der Waals surface area (Å²) in [4.78, 5) is 15.9. The molecule has 1 saturated carbocycles. The first-order valence-corrected chi connectivity index (χ1v) is 6.10. The molecule has 4 heteroatoms. The Bertz CT molecular complexity index is 611. The Hall–Kier alpha value is -2.10. The highest BCUT2D eigenvalue weighted by molar-refractivity contribution is 5.99. The molecule has 1 aromatic heterocycles. The number of aromatic nitrogens is 2. The third-order valence-electron chi connectivity index (χ3n) is 3.31. The number of imidazole rings is 1. The van der Waals surface area contributed by atoms with Gasteiger partial charge in [0.2, 0.25) is 0 Å². The molecule has 4 nitrogen and oxygen atoms in total. The van der Waals surface area contributed by atoms with Crippen LogP contribution in [-0.2, 0) is 0 Å². The van der Waals surface area contributed by atoms with Crippen molar-refractivity contribution in [1.82, 2.24) is 9.55 Å². The molecule has 0 unspecified atom stereocenters. The van der Waals surface area contributed by atoms with Crippen molar-refractivity contribution in [2.45, 2.75) is 25.7 Å². The van der Waals surface area contributed by atoms with Crippen LogP contribution in [0.25, 0.3) is 5.69 Å². The van der Waals surface area contributed by atoms with E-state index in [9.17, 15) is 4.79 Å². The number of hydrogen-bond donors (Lipinski definition) is 1. The number of nitrogens with two attached hydrogens (primary N) is 1. The van der Waals surface area contributed by atoms with Crippen LogP contribution >= 0.6 is 0 Å². The molecule has 1 fully saturated rings. The number of Topliss-reactive ketones (excluding diaryl/α,β-unsaturated/α-hetero) is 1. The van der Waals surface area contributed by atoms with Crippen LogP contribution in [-0.4, -0.2) is 15.3 Å². The van der Waals surface area contributed by atoms with Gasteiger partial charge in [-0.2, -0.15) is 0 Å². The molecule has 0 spiro atoms. The lowest BCUT2D eigenvalue weighted by Crippen LogP contribution is -2.01. The minimum absolute atomic E-state index is 0.0168. The molecule has 2 aromatic rings. The second kappa shape index (κ2) is 3.98. The van der Waals surface area contributed by atoms with Gasteiger partial charge in [-0.05, 0) is 38.0 Å². The van der Waals surface area contributed by atoms with Gasteiger partial charge in [-0.15, -0.1) is 0 Å². The molecule has 0 radical (unpaired) electrons. The topological polar surface area (TPSA) is 60.9 Å². The Labute approximate surface area is 105 Å². The average Bonchev–Trinajstić information content (AvgIpc) is 3.08. The zero-order valence-electron chi connectivity index (χ0n) is 10.3. The molecule has 1 aliphatic carbocycles. The number of carbonyl (C=O) groups excluding carboxylic acids is 1. The van der Waals surface area contributed by atoms with Crippen molar-refractivity contribution in [3.8, 4) is 5.69 Å². The number of benzene rings is 1. The fraction of sp³-hybridized carbons (Fsp3) is 0.286. The molecular formula is C14H15N3O. The van der Waals surface area contributed by atoms with E-state index in [1.54, 1.807) is 12.4 Å². The number of nitrogen functional groups attached to an aromatic ring is 1. The summed E-state index contributed by atoms with van der Waals surface area (Å²) in [6.45, 7) is 1.53. The SMILES string of the molecule is CC(=O)c1cc(-n2cnc(C3CC3)c2)ccc1N. The van der Waals surface area contributed by atoms with Gasteiger partial charge < -0.3 is 10.3 Å². The van der Waals surface area contributed by atoms with Gasteiger partial charge in [0.05, 0.1) is 12.0 Å². The number of carbonyl (C=O) groups is 1. The summed E-state index contributed by atoms with van der Waals surface area (Å²) in [5.41, 5.74) is 8.93. The Morgan fingerprint density at radius 2 is 2.22 bits per heavy atom. The number of ketones is 1. The van der Waals surface area contributed by atoms with Crippen LogP contribution in [0.5, 0.6) is 0 Å². The Balaban J connectivity index is 1.99. The van der Waals surface area contributed by atoms with Crippen molar-refractivity contribution >= 4 is 11.5 Å². The molecular weight excluding hydrogens is 226 g/mol. The number of hydrogen-bond acceptors (Lipinski definition) is 3. The fourth-order valence-corrected chi connectivity index (χ4v) is 2.08. The van der Waals surface area contributed by atoms with E-state index in [4.69, 9.17) is 5.73 Å². The van der Waals surface area contributed by atoms with Crippen molar-refractivity contribution in [2.75, 3.05) is 5.73 Å². The largest absolute Gasteiger partial charge is 0.398 e. The molecule has 3 rings (SSSR count). The summed E-state index contributed by atoms with van der Waals surface area (Å²) in [6.07, 6.45) is 6.30. The molecule has 0 saturated heterocycles. The molecule has 0 bridgehead atoms.